The molecule has 0 spiro atoms. The molecule has 1 N–H and O–H groups in total. The molecule has 16 heavy (non-hydrogen) atoms. The Hall–Kier alpha value is -1.35. The molecule has 1 unspecified atom stereocenters. The lowest BCUT2D eigenvalue weighted by molar-refractivity contribution is 0.0784. The molecule has 0 aliphatic carbocycles. The maximum Gasteiger partial charge on any atom is 0.253 e. The maximum atomic E-state index is 12.0. The molecule has 0 aromatic heterocycles. The summed E-state index contributed by atoms with van der Waals surface area (Å²) in [6, 6.07) is 9.92. The molecule has 1 atom stereocenters. The van der Waals surface area contributed by atoms with E-state index in [1.807, 2.05) is 37.4 Å². The number of likely N-dealkylation sites (N-methyl/N-ethyl adjacent to an activating group) is 1. The average molecular weight is 218 g/mol. The molecule has 0 bridgehead atoms. The molecule has 3 heteroatoms. The Morgan fingerprint density at radius 1 is 1.44 bits per heavy atom. The Morgan fingerprint density at radius 3 is 2.81 bits per heavy atom. The van der Waals surface area contributed by atoms with Crippen LogP contribution in [0, 0.1) is 0 Å². The molecule has 2 rings (SSSR count). The summed E-state index contributed by atoms with van der Waals surface area (Å²) in [5.41, 5.74) is 0.767. The summed E-state index contributed by atoms with van der Waals surface area (Å²) in [4.78, 5) is 13.8. The van der Waals surface area contributed by atoms with Crippen molar-refractivity contribution in [3.8, 4) is 0 Å². The zero-order chi connectivity index (χ0) is 11.4. The van der Waals surface area contributed by atoms with Crippen LogP contribution in [-0.4, -0.2) is 37.0 Å². The first-order chi connectivity index (χ1) is 7.77. The van der Waals surface area contributed by atoms with Crippen LogP contribution in [0.4, 0.5) is 0 Å². The van der Waals surface area contributed by atoms with Crippen molar-refractivity contribution in [2.45, 2.75) is 18.9 Å². The van der Waals surface area contributed by atoms with Crippen molar-refractivity contribution in [3.05, 3.63) is 35.9 Å². The normalized spacial score (nSPS) is 19.7. The third-order valence-electron chi connectivity index (χ3n) is 3.02. The summed E-state index contributed by atoms with van der Waals surface area (Å²) < 4.78 is 0. The zero-order valence-corrected chi connectivity index (χ0v) is 9.65. The summed E-state index contributed by atoms with van der Waals surface area (Å²) in [6.07, 6.45) is 2.39. The molecule has 1 amide bonds. The van der Waals surface area contributed by atoms with E-state index in [0.29, 0.717) is 6.04 Å². The monoisotopic (exact) mass is 218 g/mol. The van der Waals surface area contributed by atoms with Gasteiger partial charge in [-0.2, -0.15) is 0 Å². The molecule has 1 fully saturated rings. The molecular formula is C13H18N2O. The van der Waals surface area contributed by atoms with Gasteiger partial charge in [0.2, 0.25) is 0 Å². The van der Waals surface area contributed by atoms with Gasteiger partial charge in [0.05, 0.1) is 0 Å². The second-order valence-electron chi connectivity index (χ2n) is 4.34. The van der Waals surface area contributed by atoms with Gasteiger partial charge in [-0.05, 0) is 31.5 Å². The van der Waals surface area contributed by atoms with Crippen molar-refractivity contribution in [1.82, 2.24) is 10.2 Å². The first kappa shape index (κ1) is 11.1. The van der Waals surface area contributed by atoms with E-state index in [-0.39, 0.29) is 5.91 Å². The molecule has 0 saturated carbocycles. The SMILES string of the molecule is CN(CC1CCCN1)C(=O)c1ccccc1. The molecule has 1 saturated heterocycles. The van der Waals surface area contributed by atoms with Gasteiger partial charge in [-0.1, -0.05) is 18.2 Å². The molecule has 3 nitrogen and oxygen atoms in total. The van der Waals surface area contributed by atoms with Crippen LogP contribution < -0.4 is 5.32 Å². The van der Waals surface area contributed by atoms with Gasteiger partial charge in [-0.25, -0.2) is 0 Å². The van der Waals surface area contributed by atoms with Crippen LogP contribution in [0.25, 0.3) is 0 Å². The molecule has 1 aromatic carbocycles. The minimum absolute atomic E-state index is 0.106. The third-order valence-corrected chi connectivity index (χ3v) is 3.02. The molecule has 1 heterocycles. The molecule has 86 valence electrons. The number of benzene rings is 1. The lowest BCUT2D eigenvalue weighted by Crippen LogP contribution is -2.38. The first-order valence-corrected chi connectivity index (χ1v) is 5.81. The number of carbonyl (C=O) groups excluding carboxylic acids is 1. The van der Waals surface area contributed by atoms with Gasteiger partial charge in [0.25, 0.3) is 5.91 Å². The van der Waals surface area contributed by atoms with Crippen molar-refractivity contribution in [2.24, 2.45) is 0 Å². The van der Waals surface area contributed by atoms with Gasteiger partial charge in [0, 0.05) is 25.2 Å². The minimum Gasteiger partial charge on any atom is -0.340 e. The van der Waals surface area contributed by atoms with Crippen LogP contribution in [-0.2, 0) is 0 Å². The third kappa shape index (κ3) is 2.61. The molecule has 1 aliphatic heterocycles. The molecule has 1 aliphatic rings. The minimum atomic E-state index is 0.106. The lowest BCUT2D eigenvalue weighted by atomic mass is 10.1. The maximum absolute atomic E-state index is 12.0. The van der Waals surface area contributed by atoms with E-state index in [1.54, 1.807) is 4.90 Å². The summed E-state index contributed by atoms with van der Waals surface area (Å²) in [5, 5.41) is 3.40. The Morgan fingerprint density at radius 2 is 2.19 bits per heavy atom. The summed E-state index contributed by atoms with van der Waals surface area (Å²) in [6.45, 7) is 1.88. The highest BCUT2D eigenvalue weighted by molar-refractivity contribution is 5.94. The van der Waals surface area contributed by atoms with Gasteiger partial charge in [-0.3, -0.25) is 4.79 Å². The Labute approximate surface area is 96.5 Å². The van der Waals surface area contributed by atoms with Crippen molar-refractivity contribution in [1.29, 1.82) is 0 Å². The Balaban J connectivity index is 1.94. The van der Waals surface area contributed by atoms with Crippen LogP contribution in [0.5, 0.6) is 0 Å². The van der Waals surface area contributed by atoms with Gasteiger partial charge < -0.3 is 10.2 Å². The van der Waals surface area contributed by atoms with Crippen LogP contribution in [0.1, 0.15) is 23.2 Å². The van der Waals surface area contributed by atoms with E-state index in [1.165, 1.54) is 12.8 Å². The summed E-state index contributed by atoms with van der Waals surface area (Å²) >= 11 is 0. The quantitative estimate of drug-likeness (QED) is 0.834. The Bertz CT molecular complexity index is 344. The van der Waals surface area contributed by atoms with E-state index in [2.05, 4.69) is 5.32 Å². The van der Waals surface area contributed by atoms with E-state index >= 15 is 0 Å². The number of hydrogen-bond acceptors (Lipinski definition) is 2. The number of nitrogens with one attached hydrogen (secondary N) is 1. The standard InChI is InChI=1S/C13H18N2O/c1-15(10-12-8-5-9-14-12)13(16)11-6-3-2-4-7-11/h2-4,6-7,12,14H,5,8-10H2,1H3. The smallest absolute Gasteiger partial charge is 0.253 e. The van der Waals surface area contributed by atoms with Crippen LogP contribution in [0.15, 0.2) is 30.3 Å². The largest absolute Gasteiger partial charge is 0.340 e. The highest BCUT2D eigenvalue weighted by Crippen LogP contribution is 2.08. The number of hydrogen-bond donors (Lipinski definition) is 1. The average Bonchev–Trinajstić information content (AvgIpc) is 2.82. The molecule has 1 aromatic rings. The summed E-state index contributed by atoms with van der Waals surface area (Å²) in [5.74, 6) is 0.106. The zero-order valence-electron chi connectivity index (χ0n) is 9.65. The fourth-order valence-corrected chi connectivity index (χ4v) is 2.13. The van der Waals surface area contributed by atoms with E-state index in [0.717, 1.165) is 18.7 Å². The molecule has 0 radical (unpaired) electrons. The predicted molar refractivity (Wildman–Crippen MR) is 64.4 cm³/mol. The summed E-state index contributed by atoms with van der Waals surface area (Å²) in [7, 11) is 1.87. The lowest BCUT2D eigenvalue weighted by Gasteiger charge is -2.21. The predicted octanol–water partition coefficient (Wildman–Crippen LogP) is 1.51. The number of nitrogens with zero attached hydrogens (tertiary/aromatic N) is 1. The van der Waals surface area contributed by atoms with Gasteiger partial charge in [-0.15, -0.1) is 0 Å². The van der Waals surface area contributed by atoms with Crippen molar-refractivity contribution in [2.75, 3.05) is 20.1 Å². The van der Waals surface area contributed by atoms with Crippen LogP contribution >= 0.6 is 0 Å². The van der Waals surface area contributed by atoms with E-state index in [4.69, 9.17) is 0 Å². The number of rotatable bonds is 3. The fraction of sp³-hybridized carbons (Fsp3) is 0.462. The number of carbonyl (C=O) groups is 1. The van der Waals surface area contributed by atoms with Crippen LogP contribution in [0.2, 0.25) is 0 Å². The highest BCUT2D eigenvalue weighted by Gasteiger charge is 2.19. The van der Waals surface area contributed by atoms with Crippen molar-refractivity contribution < 1.29 is 4.79 Å². The van der Waals surface area contributed by atoms with Gasteiger partial charge >= 0.3 is 0 Å². The van der Waals surface area contributed by atoms with Crippen molar-refractivity contribution >= 4 is 5.91 Å². The Kier molecular flexibility index (Phi) is 3.57. The van der Waals surface area contributed by atoms with E-state index in [9.17, 15) is 4.79 Å². The first-order valence-electron chi connectivity index (χ1n) is 5.81. The highest BCUT2D eigenvalue weighted by atomic mass is 16.2. The van der Waals surface area contributed by atoms with Gasteiger partial charge in [0.1, 0.15) is 0 Å². The molecular weight excluding hydrogens is 200 g/mol. The topological polar surface area (TPSA) is 32.3 Å². The fourth-order valence-electron chi connectivity index (χ4n) is 2.13. The van der Waals surface area contributed by atoms with Gasteiger partial charge in [0.15, 0.2) is 0 Å². The second-order valence-corrected chi connectivity index (χ2v) is 4.34. The van der Waals surface area contributed by atoms with Crippen molar-refractivity contribution in [3.63, 3.8) is 0 Å². The second kappa shape index (κ2) is 5.12. The van der Waals surface area contributed by atoms with Crippen LogP contribution in [0.3, 0.4) is 0 Å². The van der Waals surface area contributed by atoms with E-state index < -0.39 is 0 Å². The number of amides is 1.